The van der Waals surface area contributed by atoms with Gasteiger partial charge in [-0.2, -0.15) is 0 Å². The zero-order valence-electron chi connectivity index (χ0n) is 12.8. The van der Waals surface area contributed by atoms with Crippen molar-refractivity contribution in [1.82, 2.24) is 4.98 Å². The van der Waals surface area contributed by atoms with Gasteiger partial charge in [0.1, 0.15) is 12.4 Å². The smallest absolute Gasteiger partial charge is 0.307 e. The highest BCUT2D eigenvalue weighted by molar-refractivity contribution is 7.11. The molecule has 0 unspecified atom stereocenters. The summed E-state index contributed by atoms with van der Waals surface area (Å²) in [5, 5.41) is 9.78. The first-order valence-corrected chi connectivity index (χ1v) is 7.72. The second-order valence-corrected chi connectivity index (χ2v) is 5.65. The Morgan fingerprint density at radius 1 is 1.33 bits per heavy atom. The van der Waals surface area contributed by atoms with Crippen molar-refractivity contribution in [3.63, 3.8) is 0 Å². The van der Waals surface area contributed by atoms with E-state index in [1.54, 1.807) is 29.5 Å². The maximum Gasteiger partial charge on any atom is 0.307 e. The summed E-state index contributed by atoms with van der Waals surface area (Å²) in [6, 6.07) is 7.15. The van der Waals surface area contributed by atoms with Gasteiger partial charge >= 0.3 is 5.97 Å². The molecule has 1 aromatic heterocycles. The predicted octanol–water partition coefficient (Wildman–Crippen LogP) is 3.99. The number of carboxylic acid groups (broad SMARTS) is 1. The fraction of sp³-hybridized carbons (Fsp3) is 0.375. The molecule has 0 saturated carbocycles. The fourth-order valence-electron chi connectivity index (χ4n) is 1.78. The van der Waals surface area contributed by atoms with Crippen molar-refractivity contribution in [2.45, 2.75) is 40.7 Å². The van der Waals surface area contributed by atoms with E-state index in [4.69, 9.17) is 9.84 Å². The first kappa shape index (κ1) is 17.2. The van der Waals surface area contributed by atoms with Crippen LogP contribution in [0.4, 0.5) is 0 Å². The van der Waals surface area contributed by atoms with Crippen molar-refractivity contribution in [1.29, 1.82) is 0 Å². The van der Waals surface area contributed by atoms with E-state index >= 15 is 0 Å². The van der Waals surface area contributed by atoms with E-state index in [2.05, 4.69) is 4.98 Å². The number of aromatic nitrogens is 1. The monoisotopic (exact) mass is 307 g/mol. The number of carboxylic acids is 1. The summed E-state index contributed by atoms with van der Waals surface area (Å²) in [7, 11) is 0. The van der Waals surface area contributed by atoms with Crippen LogP contribution in [0.2, 0.25) is 0 Å². The summed E-state index contributed by atoms with van der Waals surface area (Å²) in [4.78, 5) is 16.2. The molecular formula is C16H21NO3S. The number of hydrogen-bond acceptors (Lipinski definition) is 4. The molecule has 1 aromatic carbocycles. The Balaban J connectivity index is 0.00000106. The predicted molar refractivity (Wildman–Crippen MR) is 85.0 cm³/mol. The van der Waals surface area contributed by atoms with Crippen LogP contribution in [-0.2, 0) is 17.8 Å². The van der Waals surface area contributed by atoms with Gasteiger partial charge in [-0.05, 0) is 31.5 Å². The molecule has 5 heteroatoms. The van der Waals surface area contributed by atoms with Crippen molar-refractivity contribution in [3.05, 3.63) is 45.4 Å². The summed E-state index contributed by atoms with van der Waals surface area (Å²) in [5.41, 5.74) is 1.67. The normalized spacial score (nSPS) is 9.71. The third-order valence-electron chi connectivity index (χ3n) is 2.63. The van der Waals surface area contributed by atoms with E-state index in [0.29, 0.717) is 12.4 Å². The number of hydrogen-bond donors (Lipinski definition) is 1. The number of aryl methyl sites for hydroxylation is 2. The van der Waals surface area contributed by atoms with Crippen molar-refractivity contribution in [2.75, 3.05) is 0 Å². The largest absolute Gasteiger partial charge is 0.487 e. The van der Waals surface area contributed by atoms with E-state index in [1.807, 2.05) is 33.8 Å². The molecule has 0 atom stereocenters. The van der Waals surface area contributed by atoms with E-state index in [1.165, 1.54) is 0 Å². The second kappa shape index (κ2) is 8.42. The number of thiazole rings is 1. The van der Waals surface area contributed by atoms with Crippen LogP contribution in [0.1, 0.15) is 35.0 Å². The number of ether oxygens (including phenoxy) is 1. The molecule has 4 nitrogen and oxygen atoms in total. The molecule has 1 N–H and O–H groups in total. The Kier molecular flexibility index (Phi) is 6.88. The third kappa shape index (κ3) is 5.55. The fourth-order valence-corrected chi connectivity index (χ4v) is 2.60. The van der Waals surface area contributed by atoms with Crippen molar-refractivity contribution < 1.29 is 14.6 Å². The summed E-state index contributed by atoms with van der Waals surface area (Å²) < 4.78 is 5.66. The van der Waals surface area contributed by atoms with Gasteiger partial charge in [0.15, 0.2) is 0 Å². The zero-order chi connectivity index (χ0) is 15.8. The van der Waals surface area contributed by atoms with Gasteiger partial charge in [0.05, 0.1) is 17.1 Å². The lowest BCUT2D eigenvalue weighted by Crippen LogP contribution is -2.01. The molecule has 0 aliphatic carbocycles. The van der Waals surface area contributed by atoms with Crippen LogP contribution in [0, 0.1) is 13.8 Å². The van der Waals surface area contributed by atoms with Crippen LogP contribution in [0.5, 0.6) is 5.75 Å². The third-order valence-corrected chi connectivity index (χ3v) is 3.56. The molecule has 1 heterocycles. The van der Waals surface area contributed by atoms with Crippen LogP contribution < -0.4 is 4.74 Å². The highest BCUT2D eigenvalue weighted by Crippen LogP contribution is 2.20. The van der Waals surface area contributed by atoms with Crippen LogP contribution in [0.25, 0.3) is 0 Å². The topological polar surface area (TPSA) is 59.4 Å². The quantitative estimate of drug-likeness (QED) is 0.907. The van der Waals surface area contributed by atoms with Gasteiger partial charge in [0, 0.05) is 4.88 Å². The average molecular weight is 307 g/mol. The number of benzene rings is 1. The van der Waals surface area contributed by atoms with Crippen LogP contribution in [0.15, 0.2) is 24.3 Å². The van der Waals surface area contributed by atoms with E-state index < -0.39 is 5.97 Å². The summed E-state index contributed by atoms with van der Waals surface area (Å²) in [6.45, 7) is 8.39. The van der Waals surface area contributed by atoms with Gasteiger partial charge in [-0.25, -0.2) is 4.98 Å². The van der Waals surface area contributed by atoms with Gasteiger partial charge in [-0.15, -0.1) is 11.3 Å². The van der Waals surface area contributed by atoms with E-state index in [-0.39, 0.29) is 6.42 Å². The maximum absolute atomic E-state index is 10.7. The molecule has 0 radical (unpaired) electrons. The highest BCUT2D eigenvalue weighted by Gasteiger charge is 2.06. The molecule has 21 heavy (non-hydrogen) atoms. The van der Waals surface area contributed by atoms with E-state index in [0.717, 1.165) is 21.1 Å². The Hall–Kier alpha value is -1.88. The SMILES string of the molecule is CC.Cc1nc(COc2cccc(CC(=O)O)c2)c(C)s1. The Morgan fingerprint density at radius 2 is 2.05 bits per heavy atom. The molecule has 0 aliphatic heterocycles. The van der Waals surface area contributed by atoms with Crippen LogP contribution in [0.3, 0.4) is 0 Å². The molecule has 0 aliphatic rings. The lowest BCUT2D eigenvalue weighted by Gasteiger charge is -2.06. The molecule has 2 aromatic rings. The average Bonchev–Trinajstić information content (AvgIpc) is 2.77. The minimum absolute atomic E-state index is 0.00599. The number of nitrogens with zero attached hydrogens (tertiary/aromatic N) is 1. The molecular weight excluding hydrogens is 286 g/mol. The van der Waals surface area contributed by atoms with Gasteiger partial charge in [-0.1, -0.05) is 26.0 Å². The Bertz CT molecular complexity index is 593. The number of rotatable bonds is 5. The minimum Gasteiger partial charge on any atom is -0.487 e. The van der Waals surface area contributed by atoms with Crippen LogP contribution in [-0.4, -0.2) is 16.1 Å². The van der Waals surface area contributed by atoms with Gasteiger partial charge < -0.3 is 9.84 Å². The van der Waals surface area contributed by atoms with E-state index in [9.17, 15) is 4.79 Å². The molecule has 0 spiro atoms. The van der Waals surface area contributed by atoms with Gasteiger partial charge in [-0.3, -0.25) is 4.79 Å². The Labute approximate surface area is 129 Å². The maximum atomic E-state index is 10.7. The minimum atomic E-state index is -0.844. The summed E-state index contributed by atoms with van der Waals surface area (Å²) >= 11 is 1.65. The lowest BCUT2D eigenvalue weighted by molar-refractivity contribution is -0.136. The molecule has 114 valence electrons. The van der Waals surface area contributed by atoms with Crippen molar-refractivity contribution >= 4 is 17.3 Å². The zero-order valence-corrected chi connectivity index (χ0v) is 13.7. The molecule has 2 rings (SSSR count). The number of carbonyl (C=O) groups is 1. The van der Waals surface area contributed by atoms with Crippen LogP contribution >= 0.6 is 11.3 Å². The molecule has 0 amide bonds. The van der Waals surface area contributed by atoms with Crippen molar-refractivity contribution in [3.8, 4) is 5.75 Å². The van der Waals surface area contributed by atoms with Crippen molar-refractivity contribution in [2.24, 2.45) is 0 Å². The number of aliphatic carboxylic acids is 1. The first-order chi connectivity index (χ1) is 10.0. The second-order valence-electron chi connectivity index (χ2n) is 4.24. The summed E-state index contributed by atoms with van der Waals surface area (Å²) in [6.07, 6.45) is 0.00599. The first-order valence-electron chi connectivity index (χ1n) is 6.91. The molecule has 0 saturated heterocycles. The highest BCUT2D eigenvalue weighted by atomic mass is 32.1. The molecule has 0 fully saturated rings. The standard InChI is InChI=1S/C14H15NO3S.C2H6/c1-9-13(15-10(2)19-9)8-18-12-5-3-4-11(6-12)7-14(16)17;1-2/h3-6H,7-8H2,1-2H3,(H,16,17);1-2H3. The lowest BCUT2D eigenvalue weighted by atomic mass is 10.1. The van der Waals surface area contributed by atoms with Gasteiger partial charge in [0.2, 0.25) is 0 Å². The molecule has 0 bridgehead atoms. The Morgan fingerprint density at radius 3 is 2.62 bits per heavy atom. The van der Waals surface area contributed by atoms with Gasteiger partial charge in [0.25, 0.3) is 0 Å². The summed E-state index contributed by atoms with van der Waals surface area (Å²) in [5.74, 6) is -0.174.